The zero-order valence-corrected chi connectivity index (χ0v) is 19.3. The summed E-state index contributed by atoms with van der Waals surface area (Å²) >= 11 is 10.4. The minimum absolute atomic E-state index is 0.208. The third kappa shape index (κ3) is 4.57. The lowest BCUT2D eigenvalue weighted by atomic mass is 10.2. The largest absolute Gasteiger partial charge is 0.450 e. The molecule has 5 nitrogen and oxygen atoms in total. The number of carbonyl (C=O) groups excluding carboxylic acids is 1. The zero-order valence-electron chi connectivity index (χ0n) is 16.1. The fourth-order valence-electron chi connectivity index (χ4n) is 2.87. The first-order valence-electron chi connectivity index (χ1n) is 9.22. The molecule has 0 radical (unpaired) electrons. The third-order valence-electron chi connectivity index (χ3n) is 4.38. The van der Waals surface area contributed by atoms with Crippen molar-refractivity contribution < 1.29 is 9.21 Å². The monoisotopic (exact) mass is 483 g/mol. The number of nitrogens with zero attached hydrogens (tertiary/aromatic N) is 2. The van der Waals surface area contributed by atoms with Gasteiger partial charge in [-0.3, -0.25) is 4.79 Å². The van der Waals surface area contributed by atoms with Crippen LogP contribution in [0.5, 0.6) is 0 Å². The summed E-state index contributed by atoms with van der Waals surface area (Å²) in [7, 11) is 0. The van der Waals surface area contributed by atoms with Gasteiger partial charge in [0, 0.05) is 11.1 Å². The maximum Gasteiger partial charge on any atom is 0.264 e. The summed E-state index contributed by atoms with van der Waals surface area (Å²) in [6.07, 6.45) is 1.72. The number of fused-ring (bicyclic) bond motifs is 1. The Kier molecular flexibility index (Phi) is 5.62. The zero-order chi connectivity index (χ0) is 21.4. The number of thiazole rings is 1. The van der Waals surface area contributed by atoms with Crippen LogP contribution in [0.1, 0.15) is 11.3 Å². The fourth-order valence-corrected chi connectivity index (χ4v) is 5.82. The molecule has 4 aromatic rings. The first kappa shape index (κ1) is 20.4. The van der Waals surface area contributed by atoms with Crippen LogP contribution in [0.15, 0.2) is 78.3 Å². The summed E-state index contributed by atoms with van der Waals surface area (Å²) in [6.45, 7) is 1.95. The Morgan fingerprint density at radius 3 is 2.94 bits per heavy atom. The number of carbonyl (C=O) groups is 1. The second-order valence-corrected chi connectivity index (χ2v) is 10.4. The third-order valence-corrected chi connectivity index (χ3v) is 7.54. The van der Waals surface area contributed by atoms with E-state index in [0.29, 0.717) is 20.9 Å². The highest BCUT2D eigenvalue weighted by Crippen LogP contribution is 2.36. The second kappa shape index (κ2) is 8.55. The number of furan rings is 1. The molecule has 1 fully saturated rings. The van der Waals surface area contributed by atoms with Gasteiger partial charge in [-0.15, -0.1) is 11.3 Å². The number of hydrogen-bond donors (Lipinski definition) is 1. The van der Waals surface area contributed by atoms with E-state index in [9.17, 15) is 4.79 Å². The van der Waals surface area contributed by atoms with Crippen molar-refractivity contribution >= 4 is 79.5 Å². The van der Waals surface area contributed by atoms with Crippen molar-refractivity contribution in [1.82, 2.24) is 10.3 Å². The van der Waals surface area contributed by atoms with E-state index < -0.39 is 0 Å². The van der Waals surface area contributed by atoms with E-state index in [4.69, 9.17) is 16.0 Å². The number of benzene rings is 2. The highest BCUT2D eigenvalue weighted by atomic mass is 35.5. The van der Waals surface area contributed by atoms with E-state index in [1.165, 1.54) is 23.5 Å². The number of halogens is 1. The summed E-state index contributed by atoms with van der Waals surface area (Å²) in [5.74, 6) is 0.390. The van der Waals surface area contributed by atoms with Gasteiger partial charge in [0.15, 0.2) is 14.6 Å². The summed E-state index contributed by atoms with van der Waals surface area (Å²) in [4.78, 5) is 22.0. The van der Waals surface area contributed by atoms with Crippen molar-refractivity contribution in [3.8, 4) is 0 Å². The van der Waals surface area contributed by atoms with E-state index in [-0.39, 0.29) is 5.91 Å². The Hall–Kier alpha value is -2.52. The number of aliphatic imine (C=N–C) groups is 1. The summed E-state index contributed by atoms with van der Waals surface area (Å²) in [5.41, 5.74) is 2.68. The van der Waals surface area contributed by atoms with E-state index in [0.717, 1.165) is 30.9 Å². The molecule has 2 aromatic heterocycles. The molecule has 3 heterocycles. The predicted molar refractivity (Wildman–Crippen MR) is 129 cm³/mol. The molecule has 0 unspecified atom stereocenters. The average molecular weight is 484 g/mol. The Morgan fingerprint density at radius 2 is 2.06 bits per heavy atom. The first-order chi connectivity index (χ1) is 15.0. The van der Waals surface area contributed by atoms with Gasteiger partial charge in [-0.05, 0) is 72.4 Å². The number of amides is 1. The van der Waals surface area contributed by atoms with Gasteiger partial charge >= 0.3 is 0 Å². The second-order valence-electron chi connectivity index (χ2n) is 6.62. The molecule has 9 heteroatoms. The first-order valence-corrected chi connectivity index (χ1v) is 12.1. The lowest BCUT2D eigenvalue weighted by Crippen LogP contribution is -2.19. The standard InChI is InChI=1S/C22H14ClN3O2S3/c1-12-6-7-13(23)10-16(12)24-21-26-20(27)18(29-21)11-14-8-9-19(28-14)31-22-25-15-4-2-3-5-17(15)30-22/h2-11H,1H3,(H,24,26,27)/b18-11-. The van der Waals surface area contributed by atoms with Crippen LogP contribution < -0.4 is 5.32 Å². The summed E-state index contributed by atoms with van der Waals surface area (Å²) in [5, 5.41) is 4.62. The summed E-state index contributed by atoms with van der Waals surface area (Å²) in [6, 6.07) is 17.2. The fraction of sp³-hybridized carbons (Fsp3) is 0.0455. The SMILES string of the molecule is Cc1ccc(Cl)cc1N=C1NC(=O)/C(=C/c2ccc(Sc3nc4ccccc4s3)o2)S1. The van der Waals surface area contributed by atoms with Crippen LogP contribution in [0.4, 0.5) is 5.69 Å². The van der Waals surface area contributed by atoms with Gasteiger partial charge < -0.3 is 9.73 Å². The number of nitrogens with one attached hydrogen (secondary N) is 1. The average Bonchev–Trinajstić information content (AvgIpc) is 3.44. The molecule has 0 atom stereocenters. The van der Waals surface area contributed by atoms with Gasteiger partial charge in [0.2, 0.25) is 0 Å². The normalized spacial score (nSPS) is 16.5. The van der Waals surface area contributed by atoms with E-state index in [1.54, 1.807) is 23.5 Å². The van der Waals surface area contributed by atoms with E-state index >= 15 is 0 Å². The molecule has 5 rings (SSSR count). The van der Waals surface area contributed by atoms with Gasteiger partial charge in [0.05, 0.1) is 20.8 Å². The molecular formula is C22H14ClN3O2S3. The highest BCUT2D eigenvalue weighted by Gasteiger charge is 2.24. The predicted octanol–water partition coefficient (Wildman–Crippen LogP) is 6.89. The quantitative estimate of drug-likeness (QED) is 0.320. The smallest absolute Gasteiger partial charge is 0.264 e. The number of rotatable bonds is 4. The highest BCUT2D eigenvalue weighted by molar-refractivity contribution is 8.18. The molecule has 0 spiro atoms. The molecule has 0 bridgehead atoms. The van der Waals surface area contributed by atoms with Crippen molar-refractivity contribution in [1.29, 1.82) is 0 Å². The molecular weight excluding hydrogens is 470 g/mol. The van der Waals surface area contributed by atoms with Crippen molar-refractivity contribution in [3.63, 3.8) is 0 Å². The molecule has 1 amide bonds. The number of aromatic nitrogens is 1. The van der Waals surface area contributed by atoms with Crippen LogP contribution in [0.25, 0.3) is 16.3 Å². The molecule has 1 saturated heterocycles. The van der Waals surface area contributed by atoms with Gasteiger partial charge in [-0.1, -0.05) is 29.8 Å². The number of aryl methyl sites for hydroxylation is 1. The molecule has 154 valence electrons. The van der Waals surface area contributed by atoms with Gasteiger partial charge in [-0.2, -0.15) is 0 Å². The lowest BCUT2D eigenvalue weighted by Gasteiger charge is -2.01. The molecule has 0 saturated carbocycles. The van der Waals surface area contributed by atoms with Gasteiger partial charge in [-0.25, -0.2) is 9.98 Å². The molecule has 1 N–H and O–H groups in total. The van der Waals surface area contributed by atoms with Crippen molar-refractivity contribution in [3.05, 3.63) is 75.8 Å². The molecule has 1 aliphatic heterocycles. The topological polar surface area (TPSA) is 67.5 Å². The van der Waals surface area contributed by atoms with Crippen LogP contribution in [-0.2, 0) is 4.79 Å². The Morgan fingerprint density at radius 1 is 1.19 bits per heavy atom. The Balaban J connectivity index is 1.33. The van der Waals surface area contributed by atoms with Crippen molar-refractivity contribution in [2.45, 2.75) is 16.4 Å². The maximum absolute atomic E-state index is 12.4. The lowest BCUT2D eigenvalue weighted by molar-refractivity contribution is -0.115. The molecule has 1 aliphatic rings. The van der Waals surface area contributed by atoms with Gasteiger partial charge in [0.1, 0.15) is 5.76 Å². The van der Waals surface area contributed by atoms with Gasteiger partial charge in [0.25, 0.3) is 5.91 Å². The summed E-state index contributed by atoms with van der Waals surface area (Å²) < 4.78 is 7.93. The van der Waals surface area contributed by atoms with E-state index in [1.807, 2.05) is 49.4 Å². The van der Waals surface area contributed by atoms with Crippen molar-refractivity contribution in [2.24, 2.45) is 4.99 Å². The minimum atomic E-state index is -0.208. The number of hydrogen-bond acceptors (Lipinski definition) is 7. The van der Waals surface area contributed by atoms with Crippen LogP contribution in [0, 0.1) is 6.92 Å². The van der Waals surface area contributed by atoms with Crippen LogP contribution in [0.3, 0.4) is 0 Å². The molecule has 0 aliphatic carbocycles. The number of thioether (sulfide) groups is 1. The van der Waals surface area contributed by atoms with Crippen LogP contribution in [0.2, 0.25) is 5.02 Å². The minimum Gasteiger partial charge on any atom is -0.450 e. The number of para-hydroxylation sites is 1. The van der Waals surface area contributed by atoms with E-state index in [2.05, 4.69) is 21.4 Å². The Labute approximate surface area is 195 Å². The van der Waals surface area contributed by atoms with Crippen molar-refractivity contribution in [2.75, 3.05) is 0 Å². The Bertz CT molecular complexity index is 1340. The van der Waals surface area contributed by atoms with Crippen LogP contribution in [-0.4, -0.2) is 16.1 Å². The van der Waals surface area contributed by atoms with Crippen LogP contribution >= 0.6 is 46.5 Å². The molecule has 31 heavy (non-hydrogen) atoms. The number of amidine groups is 1. The molecule has 2 aromatic carbocycles. The maximum atomic E-state index is 12.4.